The minimum atomic E-state index is -1.06. The topological polar surface area (TPSA) is 67.3 Å². The molecule has 2 rings (SSSR count). The predicted octanol–water partition coefficient (Wildman–Crippen LogP) is 0.990. The fourth-order valence-electron chi connectivity index (χ4n) is 1.59. The van der Waals surface area contributed by atoms with E-state index in [9.17, 15) is 9.59 Å². The Kier molecular flexibility index (Phi) is 4.12. The first kappa shape index (κ1) is 13.5. The summed E-state index contributed by atoms with van der Waals surface area (Å²) >= 11 is -1.06. The van der Waals surface area contributed by atoms with Gasteiger partial charge in [-0.3, -0.25) is 0 Å². The fraction of sp³-hybridized carbons (Fsp3) is 0.0714. The van der Waals surface area contributed by atoms with Crippen molar-refractivity contribution in [1.82, 2.24) is 4.98 Å². The van der Waals surface area contributed by atoms with Crippen LogP contribution in [0.5, 0.6) is 0 Å². The summed E-state index contributed by atoms with van der Waals surface area (Å²) in [4.78, 5) is 26.9. The molecule has 4 nitrogen and oxygen atoms in total. The van der Waals surface area contributed by atoms with Gasteiger partial charge in [-0.15, -0.1) is 0 Å². The van der Waals surface area contributed by atoms with Gasteiger partial charge in [-0.05, 0) is 0 Å². The molecule has 1 N–H and O–H groups in total. The Morgan fingerprint density at radius 2 is 1.79 bits per heavy atom. The van der Waals surface area contributed by atoms with E-state index in [1.165, 1.54) is 0 Å². The maximum absolute atomic E-state index is 12.1. The Hall–Kier alpha value is -1.93. The van der Waals surface area contributed by atoms with Crippen LogP contribution < -0.4 is 4.35 Å². The summed E-state index contributed by atoms with van der Waals surface area (Å²) < 4.78 is 0.940. The SMILES string of the molecule is Cc1ccc(C(=O)O)cc1[AsH]C(=O)c1ccncc1. The number of benzene rings is 1. The zero-order valence-corrected chi connectivity index (χ0v) is 12.4. The normalized spacial score (nSPS) is 10.8. The maximum atomic E-state index is 12.1. The molecule has 1 heterocycles. The molecule has 0 radical (unpaired) electrons. The molecule has 96 valence electrons. The average Bonchev–Trinajstić information content (AvgIpc) is 2.42. The molecule has 1 aromatic carbocycles. The summed E-state index contributed by atoms with van der Waals surface area (Å²) in [5.41, 5.74) is 1.83. The number of nitrogens with zero attached hydrogens (tertiary/aromatic N) is 1. The zero-order chi connectivity index (χ0) is 13.8. The van der Waals surface area contributed by atoms with E-state index >= 15 is 0 Å². The first-order chi connectivity index (χ1) is 9.08. The van der Waals surface area contributed by atoms with Gasteiger partial charge in [0.25, 0.3) is 0 Å². The summed E-state index contributed by atoms with van der Waals surface area (Å²) in [5, 5.41) is 8.97. The van der Waals surface area contributed by atoms with Crippen molar-refractivity contribution in [1.29, 1.82) is 0 Å². The van der Waals surface area contributed by atoms with Crippen molar-refractivity contribution in [2.75, 3.05) is 0 Å². The van der Waals surface area contributed by atoms with Crippen molar-refractivity contribution in [3.05, 3.63) is 59.4 Å². The fourth-order valence-corrected chi connectivity index (χ4v) is 3.82. The van der Waals surface area contributed by atoms with Gasteiger partial charge in [0.05, 0.1) is 0 Å². The van der Waals surface area contributed by atoms with Crippen molar-refractivity contribution < 1.29 is 14.7 Å². The molecule has 0 aliphatic heterocycles. The number of aromatic nitrogens is 1. The van der Waals surface area contributed by atoms with E-state index in [-0.39, 0.29) is 10.1 Å². The molecule has 1 aromatic heterocycles. The van der Waals surface area contributed by atoms with Crippen LogP contribution in [0.15, 0.2) is 42.7 Å². The number of hydrogen-bond acceptors (Lipinski definition) is 3. The summed E-state index contributed by atoms with van der Waals surface area (Å²) in [6.45, 7) is 1.89. The molecular weight excluding hydrogens is 305 g/mol. The third-order valence-electron chi connectivity index (χ3n) is 2.68. The Labute approximate surface area is 117 Å². The second-order valence-corrected chi connectivity index (χ2v) is 6.63. The van der Waals surface area contributed by atoms with Crippen LogP contribution in [0.4, 0.5) is 0 Å². The molecule has 19 heavy (non-hydrogen) atoms. The Morgan fingerprint density at radius 1 is 1.11 bits per heavy atom. The Balaban J connectivity index is 2.26. The molecule has 5 heteroatoms. The quantitative estimate of drug-likeness (QED) is 0.854. The van der Waals surface area contributed by atoms with E-state index in [0.717, 1.165) is 9.91 Å². The standard InChI is InChI=1S/C14H12AsNO3/c1-9-2-3-11(14(18)19)8-12(9)15-13(17)10-4-6-16-7-5-10/h2-8,15H,1H3,(H,18,19). The van der Waals surface area contributed by atoms with Gasteiger partial charge in [0, 0.05) is 0 Å². The summed E-state index contributed by atoms with van der Waals surface area (Å²) in [6, 6.07) is 8.29. The Bertz CT molecular complexity index is 626. The second-order valence-electron chi connectivity index (χ2n) is 4.02. The number of carbonyl (C=O) groups excluding carboxylic acids is 1. The van der Waals surface area contributed by atoms with Crippen LogP contribution in [0.3, 0.4) is 0 Å². The van der Waals surface area contributed by atoms with Crippen LogP contribution in [0.2, 0.25) is 0 Å². The number of aromatic carboxylic acids is 1. The molecule has 0 bridgehead atoms. The van der Waals surface area contributed by atoms with E-state index in [1.807, 2.05) is 6.92 Å². The van der Waals surface area contributed by atoms with E-state index in [1.54, 1.807) is 42.7 Å². The Morgan fingerprint density at radius 3 is 2.42 bits per heavy atom. The van der Waals surface area contributed by atoms with Crippen molar-refractivity contribution >= 4 is 30.6 Å². The molecule has 0 saturated carbocycles. The number of rotatable bonds is 4. The van der Waals surface area contributed by atoms with Crippen molar-refractivity contribution in [2.45, 2.75) is 6.92 Å². The van der Waals surface area contributed by atoms with Crippen LogP contribution in [-0.4, -0.2) is 36.4 Å². The molecule has 0 aliphatic carbocycles. The molecule has 1 atom stereocenters. The molecule has 1 unspecified atom stereocenters. The van der Waals surface area contributed by atoms with Gasteiger partial charge in [0.1, 0.15) is 0 Å². The van der Waals surface area contributed by atoms with Crippen LogP contribution in [-0.2, 0) is 0 Å². The second kappa shape index (κ2) is 5.81. The summed E-state index contributed by atoms with van der Waals surface area (Å²) in [6.07, 6.45) is 3.17. The van der Waals surface area contributed by atoms with Crippen LogP contribution in [0, 0.1) is 6.92 Å². The number of carboxylic acid groups (broad SMARTS) is 1. The van der Waals surface area contributed by atoms with Crippen LogP contribution in [0.25, 0.3) is 0 Å². The van der Waals surface area contributed by atoms with E-state index in [0.29, 0.717) is 5.56 Å². The number of carbonyl (C=O) groups is 2. The van der Waals surface area contributed by atoms with Gasteiger partial charge in [0.2, 0.25) is 0 Å². The molecule has 0 spiro atoms. The van der Waals surface area contributed by atoms with Gasteiger partial charge in [0.15, 0.2) is 0 Å². The number of aryl methyl sites for hydroxylation is 1. The van der Waals surface area contributed by atoms with Gasteiger partial charge in [-0.25, -0.2) is 0 Å². The van der Waals surface area contributed by atoms with Gasteiger partial charge in [-0.2, -0.15) is 0 Å². The number of hydrogen-bond donors (Lipinski definition) is 1. The van der Waals surface area contributed by atoms with Crippen LogP contribution in [0.1, 0.15) is 26.3 Å². The molecule has 2 aromatic rings. The molecular formula is C14H12AsNO3. The van der Waals surface area contributed by atoms with E-state index < -0.39 is 21.7 Å². The molecule has 0 amide bonds. The van der Waals surface area contributed by atoms with E-state index in [2.05, 4.69) is 4.98 Å². The molecule has 0 aliphatic rings. The zero-order valence-electron chi connectivity index (χ0n) is 10.3. The molecule has 0 fully saturated rings. The van der Waals surface area contributed by atoms with Gasteiger partial charge < -0.3 is 0 Å². The number of carboxylic acids is 1. The van der Waals surface area contributed by atoms with Gasteiger partial charge >= 0.3 is 117 Å². The predicted molar refractivity (Wildman–Crippen MR) is 73.5 cm³/mol. The van der Waals surface area contributed by atoms with Crippen molar-refractivity contribution in [3.63, 3.8) is 0 Å². The molecule has 0 saturated heterocycles. The summed E-state index contributed by atoms with van der Waals surface area (Å²) in [5.74, 6) is -0.968. The monoisotopic (exact) mass is 317 g/mol. The van der Waals surface area contributed by atoms with Crippen LogP contribution >= 0.6 is 0 Å². The first-order valence-electron chi connectivity index (χ1n) is 5.63. The third-order valence-corrected chi connectivity index (χ3v) is 5.45. The average molecular weight is 317 g/mol. The first-order valence-corrected chi connectivity index (χ1v) is 7.73. The van der Waals surface area contributed by atoms with Crippen molar-refractivity contribution in [2.24, 2.45) is 0 Å². The summed E-state index contributed by atoms with van der Waals surface area (Å²) in [7, 11) is 0. The third kappa shape index (κ3) is 3.29. The minimum absolute atomic E-state index is 0.0769. The number of pyridine rings is 1. The van der Waals surface area contributed by atoms with Gasteiger partial charge in [-0.1, -0.05) is 0 Å². The van der Waals surface area contributed by atoms with E-state index in [4.69, 9.17) is 5.11 Å². The van der Waals surface area contributed by atoms with Crippen molar-refractivity contribution in [3.8, 4) is 0 Å².